The number of benzene rings is 2. The van der Waals surface area contributed by atoms with Crippen LogP contribution in [0.2, 0.25) is 0 Å². The highest BCUT2D eigenvalue weighted by Gasteiger charge is 2.67. The maximum absolute atomic E-state index is 13.7. The number of alkyl halides is 2. The molecule has 0 radical (unpaired) electrons. The monoisotopic (exact) mass is 650 g/mol. The molecule has 0 unspecified atom stereocenters. The van der Waals surface area contributed by atoms with Gasteiger partial charge in [0.1, 0.15) is 6.04 Å². The van der Waals surface area contributed by atoms with Gasteiger partial charge in [0.25, 0.3) is 0 Å². The zero-order chi connectivity index (χ0) is 24.3. The number of fused-ring (bicyclic) bond motifs is 5. The van der Waals surface area contributed by atoms with Crippen LogP contribution in [0.1, 0.15) is 23.1 Å². The molecular formula is C26H25Br3N2O3. The summed E-state index contributed by atoms with van der Waals surface area (Å²) in [6, 6.07) is 12.4. The molecule has 2 bridgehead atoms. The number of amides is 3. The Kier molecular flexibility index (Phi) is 6.53. The molecule has 0 spiro atoms. The van der Waals surface area contributed by atoms with E-state index >= 15 is 0 Å². The second-order valence-corrected chi connectivity index (χ2v) is 12.6. The van der Waals surface area contributed by atoms with E-state index in [0.717, 1.165) is 27.6 Å². The van der Waals surface area contributed by atoms with Crippen molar-refractivity contribution in [1.29, 1.82) is 0 Å². The number of hydrogen-bond acceptors (Lipinski definition) is 3. The van der Waals surface area contributed by atoms with Crippen molar-refractivity contribution in [2.75, 3.05) is 5.32 Å². The maximum Gasteiger partial charge on any atom is 0.248 e. The lowest BCUT2D eigenvalue weighted by molar-refractivity contribution is -0.147. The summed E-state index contributed by atoms with van der Waals surface area (Å²) in [7, 11) is 0. The number of carbonyl (C=O) groups is 3. The Bertz CT molecular complexity index is 1120. The smallest absolute Gasteiger partial charge is 0.248 e. The van der Waals surface area contributed by atoms with Gasteiger partial charge in [0.05, 0.1) is 11.8 Å². The summed E-state index contributed by atoms with van der Waals surface area (Å²) < 4.78 is 0.994. The number of halogens is 3. The van der Waals surface area contributed by atoms with Crippen molar-refractivity contribution < 1.29 is 14.4 Å². The molecule has 2 aromatic rings. The fraction of sp³-hybridized carbons (Fsp3) is 0.423. The summed E-state index contributed by atoms with van der Waals surface area (Å²) in [5, 5.41) is 2.99. The summed E-state index contributed by atoms with van der Waals surface area (Å²) in [5.41, 5.74) is 3.56. The van der Waals surface area contributed by atoms with Gasteiger partial charge in [0.2, 0.25) is 17.7 Å². The Morgan fingerprint density at radius 1 is 1.00 bits per heavy atom. The second kappa shape index (κ2) is 9.17. The molecule has 5 nitrogen and oxygen atoms in total. The van der Waals surface area contributed by atoms with E-state index in [1.54, 1.807) is 0 Å². The van der Waals surface area contributed by atoms with Crippen molar-refractivity contribution in [1.82, 2.24) is 4.90 Å². The molecule has 2 aromatic carbocycles. The van der Waals surface area contributed by atoms with Gasteiger partial charge in [-0.15, -0.1) is 0 Å². The summed E-state index contributed by atoms with van der Waals surface area (Å²) in [6.45, 7) is 3.93. The molecule has 1 heterocycles. The summed E-state index contributed by atoms with van der Waals surface area (Å²) in [5.74, 6) is -1.23. The van der Waals surface area contributed by atoms with E-state index in [-0.39, 0.29) is 57.5 Å². The molecule has 7 atom stereocenters. The SMILES string of the molecule is Cc1cc(NC(=O)[C@H](Cc2ccccc2)N2C(=O)[C@@H]3[C@H]4C[C@@H]([C@@H](Br)[C@H]4Br)[C@H]3C2=O)cc(C)c1Br. The molecule has 34 heavy (non-hydrogen) atoms. The van der Waals surface area contributed by atoms with Crippen LogP contribution in [-0.4, -0.2) is 38.3 Å². The van der Waals surface area contributed by atoms with Gasteiger partial charge in [-0.1, -0.05) is 78.1 Å². The van der Waals surface area contributed by atoms with E-state index < -0.39 is 6.04 Å². The summed E-state index contributed by atoms with van der Waals surface area (Å²) >= 11 is 11.0. The molecule has 0 aromatic heterocycles. The minimum atomic E-state index is -0.904. The Labute approximate surface area is 224 Å². The first-order chi connectivity index (χ1) is 16.2. The van der Waals surface area contributed by atoms with E-state index in [1.165, 1.54) is 4.90 Å². The predicted octanol–water partition coefficient (Wildman–Crippen LogP) is 5.39. The number of aryl methyl sites for hydroxylation is 2. The van der Waals surface area contributed by atoms with Gasteiger partial charge in [0, 0.05) is 26.2 Å². The van der Waals surface area contributed by atoms with Crippen LogP contribution in [-0.2, 0) is 20.8 Å². The van der Waals surface area contributed by atoms with Gasteiger partial charge in [0.15, 0.2) is 0 Å². The van der Waals surface area contributed by atoms with E-state index in [4.69, 9.17) is 0 Å². The molecule has 1 saturated heterocycles. The molecule has 1 aliphatic heterocycles. The highest BCUT2D eigenvalue weighted by molar-refractivity contribution is 9.12. The average molecular weight is 653 g/mol. The maximum atomic E-state index is 13.7. The van der Waals surface area contributed by atoms with Crippen molar-refractivity contribution in [2.45, 2.75) is 42.4 Å². The van der Waals surface area contributed by atoms with Crippen molar-refractivity contribution in [3.63, 3.8) is 0 Å². The Hall–Kier alpha value is -1.51. The molecule has 3 amide bonds. The van der Waals surface area contributed by atoms with Gasteiger partial charge in [-0.25, -0.2) is 0 Å². The van der Waals surface area contributed by atoms with Gasteiger partial charge in [-0.05, 0) is 60.9 Å². The zero-order valence-corrected chi connectivity index (χ0v) is 23.6. The third-order valence-electron chi connectivity index (χ3n) is 7.61. The minimum Gasteiger partial charge on any atom is -0.324 e. The van der Waals surface area contributed by atoms with Crippen LogP contribution >= 0.6 is 47.8 Å². The Balaban J connectivity index is 1.48. The zero-order valence-electron chi connectivity index (χ0n) is 18.8. The summed E-state index contributed by atoms with van der Waals surface area (Å²) in [4.78, 5) is 42.6. The van der Waals surface area contributed by atoms with Crippen molar-refractivity contribution in [3.8, 4) is 0 Å². The molecule has 3 fully saturated rings. The van der Waals surface area contributed by atoms with E-state index in [2.05, 4.69) is 53.1 Å². The van der Waals surface area contributed by atoms with Gasteiger partial charge >= 0.3 is 0 Å². The topological polar surface area (TPSA) is 66.5 Å². The number of rotatable bonds is 5. The fourth-order valence-electron chi connectivity index (χ4n) is 6.06. The quantitative estimate of drug-likeness (QED) is 0.348. The third-order valence-corrected chi connectivity index (χ3v) is 12.1. The molecule has 178 valence electrons. The lowest BCUT2D eigenvalue weighted by atomic mass is 9.81. The molecule has 3 aliphatic rings. The number of imide groups is 1. The fourth-order valence-corrected chi connectivity index (χ4v) is 8.16. The number of anilines is 1. The Morgan fingerprint density at radius 2 is 1.53 bits per heavy atom. The van der Waals surface area contributed by atoms with Crippen LogP contribution in [0, 0.1) is 37.5 Å². The lowest BCUT2D eigenvalue weighted by Crippen LogP contribution is -2.49. The molecule has 1 N–H and O–H groups in total. The molecule has 8 heteroatoms. The van der Waals surface area contributed by atoms with Gasteiger partial charge < -0.3 is 5.32 Å². The van der Waals surface area contributed by atoms with E-state index in [1.807, 2.05) is 56.3 Å². The first-order valence-electron chi connectivity index (χ1n) is 11.5. The minimum absolute atomic E-state index is 0.109. The van der Waals surface area contributed by atoms with Crippen LogP contribution in [0.3, 0.4) is 0 Å². The van der Waals surface area contributed by atoms with E-state index in [9.17, 15) is 14.4 Å². The van der Waals surface area contributed by atoms with Crippen LogP contribution in [0.5, 0.6) is 0 Å². The van der Waals surface area contributed by atoms with Crippen molar-refractivity contribution in [2.24, 2.45) is 23.7 Å². The summed E-state index contributed by atoms with van der Waals surface area (Å²) in [6.07, 6.45) is 1.14. The molecular weight excluding hydrogens is 628 g/mol. The van der Waals surface area contributed by atoms with Crippen LogP contribution < -0.4 is 5.32 Å². The number of nitrogens with one attached hydrogen (secondary N) is 1. The van der Waals surface area contributed by atoms with Crippen molar-refractivity contribution in [3.05, 3.63) is 63.6 Å². The lowest BCUT2D eigenvalue weighted by Gasteiger charge is -2.28. The first kappa shape index (κ1) is 24.2. The number of carbonyl (C=O) groups excluding carboxylic acids is 3. The van der Waals surface area contributed by atoms with E-state index in [0.29, 0.717) is 5.69 Å². The number of nitrogens with zero attached hydrogens (tertiary/aromatic N) is 1. The first-order valence-corrected chi connectivity index (χ1v) is 14.1. The van der Waals surface area contributed by atoms with Crippen LogP contribution in [0.15, 0.2) is 46.9 Å². The second-order valence-electron chi connectivity index (χ2n) is 9.67. The third kappa shape index (κ3) is 3.90. The number of hydrogen-bond donors (Lipinski definition) is 1. The average Bonchev–Trinajstić information content (AvgIpc) is 3.41. The molecule has 2 aliphatic carbocycles. The standard InChI is InChI=1S/C26H25Br3N2O3/c1-12-8-15(9-13(2)21(12)27)30-24(32)18(10-14-6-4-3-5-7-14)31-25(33)19-16-11-17(20(19)26(31)34)23(29)22(16)28/h3-9,16-20,22-23H,10-11H2,1-2H3,(H,30,32)/t16-,17-,18+,19-,20-,22-,23+/m1/s1. The van der Waals surface area contributed by atoms with Crippen molar-refractivity contribution >= 4 is 71.2 Å². The highest BCUT2D eigenvalue weighted by atomic mass is 79.9. The van der Waals surface area contributed by atoms with Crippen LogP contribution in [0.25, 0.3) is 0 Å². The van der Waals surface area contributed by atoms with Gasteiger partial charge in [-0.2, -0.15) is 0 Å². The molecule has 5 rings (SSSR count). The Morgan fingerprint density at radius 3 is 2.06 bits per heavy atom. The normalized spacial score (nSPS) is 30.6. The number of likely N-dealkylation sites (tertiary alicyclic amines) is 1. The largest absolute Gasteiger partial charge is 0.324 e. The predicted molar refractivity (Wildman–Crippen MR) is 142 cm³/mol. The molecule has 2 saturated carbocycles. The highest BCUT2D eigenvalue weighted by Crippen LogP contribution is 2.60. The van der Waals surface area contributed by atoms with Gasteiger partial charge in [-0.3, -0.25) is 19.3 Å². The van der Waals surface area contributed by atoms with Crippen LogP contribution in [0.4, 0.5) is 5.69 Å².